The van der Waals surface area contributed by atoms with Gasteiger partial charge >= 0.3 is 0 Å². The van der Waals surface area contributed by atoms with Crippen LogP contribution in [0.5, 0.6) is 5.75 Å². The maximum absolute atomic E-state index is 13.4. The van der Waals surface area contributed by atoms with Gasteiger partial charge in [0.15, 0.2) is 5.78 Å². The van der Waals surface area contributed by atoms with Gasteiger partial charge in [-0.15, -0.1) is 0 Å². The van der Waals surface area contributed by atoms with Crippen LogP contribution in [-0.2, 0) is 16.1 Å². The van der Waals surface area contributed by atoms with Crippen molar-refractivity contribution in [1.82, 2.24) is 9.88 Å². The number of imidazole rings is 1. The maximum atomic E-state index is 13.4. The third-order valence-electron chi connectivity index (χ3n) is 5.77. The number of nitrogens with one attached hydrogen (secondary N) is 1. The molecule has 2 aromatic carbocycles. The topological polar surface area (TPSA) is 83.3 Å². The number of rotatable bonds is 9. The third-order valence-corrected chi connectivity index (χ3v) is 6.02. The van der Waals surface area contributed by atoms with Gasteiger partial charge in [-0.1, -0.05) is 23.7 Å². The summed E-state index contributed by atoms with van der Waals surface area (Å²) in [6.07, 6.45) is 6.17. The van der Waals surface area contributed by atoms with Crippen LogP contribution in [0.3, 0.4) is 0 Å². The zero-order valence-electron chi connectivity index (χ0n) is 18.2. The number of halogens is 1. The predicted molar refractivity (Wildman–Crippen MR) is 122 cm³/mol. The molecular formula is C25H25ClN3O4+. The van der Waals surface area contributed by atoms with E-state index in [1.807, 2.05) is 42.3 Å². The van der Waals surface area contributed by atoms with Crippen LogP contribution in [0.4, 0.5) is 0 Å². The fourth-order valence-electron chi connectivity index (χ4n) is 4.20. The van der Waals surface area contributed by atoms with Crippen molar-refractivity contribution < 1.29 is 23.7 Å². The van der Waals surface area contributed by atoms with Crippen LogP contribution in [-0.4, -0.2) is 40.5 Å². The van der Waals surface area contributed by atoms with Gasteiger partial charge in [0, 0.05) is 23.6 Å². The first-order valence-corrected chi connectivity index (χ1v) is 11.3. The van der Waals surface area contributed by atoms with Crippen molar-refractivity contribution in [2.24, 2.45) is 5.92 Å². The molecule has 2 atom stereocenters. The molecule has 8 heteroatoms. The molecule has 4 rings (SSSR count). The predicted octanol–water partition coefficient (Wildman–Crippen LogP) is 3.40. The smallest absolute Gasteiger partial charge is 0.291 e. The highest BCUT2D eigenvalue weighted by molar-refractivity contribution is 6.44. The molecule has 1 fully saturated rings. The van der Waals surface area contributed by atoms with Gasteiger partial charge in [0.05, 0.1) is 19.2 Å². The molecule has 33 heavy (non-hydrogen) atoms. The quantitative estimate of drug-likeness (QED) is 0.227. The Balaban J connectivity index is 1.65. The number of carbonyl (C=O) groups excluding carboxylic acids is 3. The standard InChI is InChI=1S/C25H24ClN3O4/c1-2-33-20-10-6-17(7-11-20)22-21(23(30)18-4-8-19(26)9-5-18)24(31)25(32)29(22)14-3-13-28-15-12-27-16-28/h4-12,15-16,21-22H,2-3,13-14H2,1H3/p+1. The lowest BCUT2D eigenvalue weighted by atomic mass is 9.86. The van der Waals surface area contributed by atoms with Crippen LogP contribution in [0.2, 0.25) is 5.02 Å². The normalized spacial score (nSPS) is 18.1. The molecule has 2 unspecified atom stereocenters. The first-order chi connectivity index (χ1) is 16.0. The summed E-state index contributed by atoms with van der Waals surface area (Å²) in [5, 5.41) is 0.493. The van der Waals surface area contributed by atoms with Crippen LogP contribution in [0.15, 0.2) is 67.3 Å². The highest BCUT2D eigenvalue weighted by Crippen LogP contribution is 2.39. The minimum absolute atomic E-state index is 0.352. The van der Waals surface area contributed by atoms with E-state index < -0.39 is 23.7 Å². The van der Waals surface area contributed by atoms with E-state index >= 15 is 0 Å². The van der Waals surface area contributed by atoms with Crippen molar-refractivity contribution in [2.75, 3.05) is 13.2 Å². The highest BCUT2D eigenvalue weighted by Gasteiger charge is 2.51. The zero-order chi connectivity index (χ0) is 23.4. The van der Waals surface area contributed by atoms with Gasteiger partial charge in [-0.05, 0) is 48.9 Å². The Morgan fingerprint density at radius 3 is 2.48 bits per heavy atom. The van der Waals surface area contributed by atoms with E-state index in [1.165, 1.54) is 4.90 Å². The van der Waals surface area contributed by atoms with Crippen molar-refractivity contribution in [3.05, 3.63) is 83.4 Å². The number of ether oxygens (including phenoxy) is 1. The summed E-state index contributed by atoms with van der Waals surface area (Å²) in [5.74, 6) is -2.11. The molecule has 3 aromatic rings. The van der Waals surface area contributed by atoms with Crippen LogP contribution >= 0.6 is 11.6 Å². The monoisotopic (exact) mass is 466 g/mol. The molecule has 7 nitrogen and oxygen atoms in total. The van der Waals surface area contributed by atoms with Gasteiger partial charge in [-0.3, -0.25) is 19.4 Å². The highest BCUT2D eigenvalue weighted by atomic mass is 35.5. The SMILES string of the molecule is CCOc1ccc(C2C(C(=O)c3ccc(Cl)cc3)C(=O)C(=O)N2CCC[n+]2cc[nH]c2)cc1. The van der Waals surface area contributed by atoms with E-state index in [2.05, 4.69) is 4.98 Å². The number of aromatic amines is 1. The van der Waals surface area contributed by atoms with Crippen molar-refractivity contribution in [2.45, 2.75) is 25.9 Å². The summed E-state index contributed by atoms with van der Waals surface area (Å²) in [5.41, 5.74) is 1.07. The number of ketones is 2. The Labute approximate surface area is 196 Å². The number of hydrogen-bond acceptors (Lipinski definition) is 4. The minimum atomic E-state index is -1.11. The average molecular weight is 467 g/mol. The molecule has 170 valence electrons. The minimum Gasteiger partial charge on any atom is -0.494 e. The van der Waals surface area contributed by atoms with E-state index in [0.717, 1.165) is 5.56 Å². The lowest BCUT2D eigenvalue weighted by molar-refractivity contribution is -0.695. The fraction of sp³-hybridized carbons (Fsp3) is 0.280. The Morgan fingerprint density at radius 1 is 1.12 bits per heavy atom. The largest absolute Gasteiger partial charge is 0.494 e. The number of H-pyrrole nitrogens is 1. The zero-order valence-corrected chi connectivity index (χ0v) is 19.0. The number of benzene rings is 2. The van der Waals surface area contributed by atoms with Gasteiger partial charge in [-0.2, -0.15) is 0 Å². The third kappa shape index (κ3) is 4.83. The second kappa shape index (κ2) is 10.0. The number of nitrogens with zero attached hydrogens (tertiary/aromatic N) is 2. The lowest BCUT2D eigenvalue weighted by Crippen LogP contribution is -2.36. The van der Waals surface area contributed by atoms with Gasteiger partial charge < -0.3 is 9.64 Å². The first-order valence-electron chi connectivity index (χ1n) is 10.9. The van der Waals surface area contributed by atoms with E-state index in [9.17, 15) is 14.4 Å². The molecule has 1 aliphatic rings. The first kappa shape index (κ1) is 22.7. The molecule has 0 radical (unpaired) electrons. The molecule has 0 spiro atoms. The van der Waals surface area contributed by atoms with Crippen LogP contribution in [0, 0.1) is 5.92 Å². The molecule has 1 saturated heterocycles. The molecule has 1 aliphatic heterocycles. The molecule has 0 saturated carbocycles. The van der Waals surface area contributed by atoms with Gasteiger partial charge in [-0.25, -0.2) is 4.57 Å². The molecule has 0 bridgehead atoms. The van der Waals surface area contributed by atoms with E-state index in [1.54, 1.807) is 36.4 Å². The summed E-state index contributed by atoms with van der Waals surface area (Å²) in [4.78, 5) is 44.0. The maximum Gasteiger partial charge on any atom is 0.291 e. The summed E-state index contributed by atoms with van der Waals surface area (Å²) in [6.45, 7) is 3.45. The Morgan fingerprint density at radius 2 is 1.85 bits per heavy atom. The summed E-state index contributed by atoms with van der Waals surface area (Å²) >= 11 is 5.96. The van der Waals surface area contributed by atoms with Gasteiger partial charge in [0.1, 0.15) is 24.1 Å². The van der Waals surface area contributed by atoms with Crippen molar-refractivity contribution in [3.8, 4) is 5.75 Å². The van der Waals surface area contributed by atoms with Crippen molar-refractivity contribution in [1.29, 1.82) is 0 Å². The van der Waals surface area contributed by atoms with Crippen molar-refractivity contribution >= 4 is 29.1 Å². The molecule has 1 N–H and O–H groups in total. The number of hydrogen-bond donors (Lipinski definition) is 1. The molecule has 0 aliphatic carbocycles. The summed E-state index contributed by atoms with van der Waals surface area (Å²) in [6, 6.07) is 12.9. The number of amides is 1. The van der Waals surface area contributed by atoms with Crippen LogP contribution in [0.1, 0.15) is 35.3 Å². The number of aromatic nitrogens is 2. The van der Waals surface area contributed by atoms with Gasteiger partial charge in [0.25, 0.3) is 5.91 Å². The second-order valence-electron chi connectivity index (χ2n) is 7.86. The molecular weight excluding hydrogens is 442 g/mol. The number of likely N-dealkylation sites (tertiary alicyclic amines) is 1. The van der Waals surface area contributed by atoms with E-state index in [0.29, 0.717) is 42.5 Å². The second-order valence-corrected chi connectivity index (χ2v) is 8.30. The summed E-state index contributed by atoms with van der Waals surface area (Å²) < 4.78 is 7.48. The molecule has 2 heterocycles. The van der Waals surface area contributed by atoms with E-state index in [4.69, 9.17) is 16.3 Å². The van der Waals surface area contributed by atoms with E-state index in [-0.39, 0.29) is 5.78 Å². The number of Topliss-reactive ketones (excluding diaryl/α,β-unsaturated/α-hetero) is 2. The van der Waals surface area contributed by atoms with Gasteiger partial charge in [0.2, 0.25) is 12.1 Å². The van der Waals surface area contributed by atoms with Crippen LogP contribution in [0.25, 0.3) is 0 Å². The average Bonchev–Trinajstić information content (AvgIpc) is 3.42. The van der Waals surface area contributed by atoms with Crippen molar-refractivity contribution in [3.63, 3.8) is 0 Å². The Hall–Kier alpha value is -3.45. The molecule has 1 aromatic heterocycles. The Kier molecular flexibility index (Phi) is 6.89. The lowest BCUT2D eigenvalue weighted by Gasteiger charge is -2.27. The molecule has 1 amide bonds. The number of aryl methyl sites for hydroxylation is 1. The van der Waals surface area contributed by atoms with Crippen LogP contribution < -0.4 is 9.30 Å². The summed E-state index contributed by atoms with van der Waals surface area (Å²) in [7, 11) is 0. The number of carbonyl (C=O) groups is 3. The Bertz CT molecular complexity index is 1130. The fourth-order valence-corrected chi connectivity index (χ4v) is 4.33.